The summed E-state index contributed by atoms with van der Waals surface area (Å²) in [6.45, 7) is 0. The largest absolute Gasteiger partial charge is 0.400 e. The molecule has 0 aliphatic carbocycles. The summed E-state index contributed by atoms with van der Waals surface area (Å²) in [7, 11) is 0. The normalized spacial score (nSPS) is 12.4. The van der Waals surface area contributed by atoms with Gasteiger partial charge in [0.1, 0.15) is 0 Å². The summed E-state index contributed by atoms with van der Waals surface area (Å²) < 4.78 is 66.0. The molecular formula is C14H10ClF5N2O2S. The molecule has 0 saturated carbocycles. The van der Waals surface area contributed by atoms with E-state index in [0.717, 1.165) is 11.8 Å². The van der Waals surface area contributed by atoms with Gasteiger partial charge >= 0.3 is 17.4 Å². The van der Waals surface area contributed by atoms with Gasteiger partial charge in [-0.15, -0.1) is 0 Å². The molecule has 1 heterocycles. The van der Waals surface area contributed by atoms with E-state index in [0.29, 0.717) is 5.56 Å². The van der Waals surface area contributed by atoms with Gasteiger partial charge in [0.2, 0.25) is 5.82 Å². The molecule has 0 aliphatic rings. The Morgan fingerprint density at radius 2 is 1.80 bits per heavy atom. The van der Waals surface area contributed by atoms with Crippen LogP contribution in [-0.2, 0) is 5.38 Å². The maximum Gasteiger partial charge on any atom is 0.400 e. The molecule has 136 valence electrons. The SMILES string of the molecule is O=C(CSCCC(F)(F)F)c1ccc(-c2noc(C(F)(F)Cl)n2)cc1. The number of hydrogen-bond acceptors (Lipinski definition) is 5. The Morgan fingerprint density at radius 3 is 2.32 bits per heavy atom. The molecule has 0 bridgehead atoms. The molecule has 0 aliphatic heterocycles. The molecule has 0 radical (unpaired) electrons. The number of benzene rings is 1. The lowest BCUT2D eigenvalue weighted by Crippen LogP contribution is -2.10. The van der Waals surface area contributed by atoms with Crippen LogP contribution in [0.4, 0.5) is 22.0 Å². The number of hydrogen-bond donors (Lipinski definition) is 0. The predicted molar refractivity (Wildman–Crippen MR) is 81.8 cm³/mol. The van der Waals surface area contributed by atoms with E-state index in [1.807, 2.05) is 0 Å². The number of carbonyl (C=O) groups excluding carboxylic acids is 1. The highest BCUT2D eigenvalue weighted by Crippen LogP contribution is 2.32. The molecule has 11 heteroatoms. The fourth-order valence-electron chi connectivity index (χ4n) is 1.70. The number of ketones is 1. The Morgan fingerprint density at radius 1 is 1.16 bits per heavy atom. The van der Waals surface area contributed by atoms with Crippen molar-refractivity contribution >= 4 is 29.1 Å². The third-order valence-electron chi connectivity index (χ3n) is 2.90. The van der Waals surface area contributed by atoms with Crippen LogP contribution in [0.3, 0.4) is 0 Å². The van der Waals surface area contributed by atoms with Crippen LogP contribution in [0.5, 0.6) is 0 Å². The number of halogens is 6. The molecule has 0 atom stereocenters. The standard InChI is InChI=1S/C14H10ClF5N2O2S/c15-14(19,20)12-21-11(22-24-12)9-3-1-8(2-4-9)10(23)7-25-6-5-13(16,17)18/h1-4H,5-7H2. The van der Waals surface area contributed by atoms with E-state index >= 15 is 0 Å². The highest BCUT2D eigenvalue weighted by atomic mass is 35.5. The molecule has 0 fully saturated rings. The molecule has 25 heavy (non-hydrogen) atoms. The summed E-state index contributed by atoms with van der Waals surface area (Å²) in [5, 5.41) is -0.418. The van der Waals surface area contributed by atoms with Gasteiger partial charge in [-0.25, -0.2) is 0 Å². The quantitative estimate of drug-likeness (QED) is 0.286. The van der Waals surface area contributed by atoms with Gasteiger partial charge in [0.25, 0.3) is 0 Å². The van der Waals surface area contributed by atoms with Crippen LogP contribution in [-0.4, -0.2) is 33.6 Å². The zero-order valence-electron chi connectivity index (χ0n) is 12.3. The van der Waals surface area contributed by atoms with Crippen molar-refractivity contribution in [2.45, 2.75) is 18.0 Å². The van der Waals surface area contributed by atoms with Crippen molar-refractivity contribution in [2.75, 3.05) is 11.5 Å². The van der Waals surface area contributed by atoms with Crippen molar-refractivity contribution in [2.24, 2.45) is 0 Å². The molecule has 0 N–H and O–H groups in total. The average Bonchev–Trinajstić information content (AvgIpc) is 3.01. The summed E-state index contributed by atoms with van der Waals surface area (Å²) in [6, 6.07) is 5.62. The Labute approximate surface area is 147 Å². The van der Waals surface area contributed by atoms with Crippen LogP contribution >= 0.6 is 23.4 Å². The minimum absolute atomic E-state index is 0.0970. The highest BCUT2D eigenvalue weighted by molar-refractivity contribution is 7.99. The number of alkyl halides is 6. The van der Waals surface area contributed by atoms with Gasteiger partial charge in [0, 0.05) is 16.9 Å². The number of rotatable bonds is 7. The summed E-state index contributed by atoms with van der Waals surface area (Å²) in [5.41, 5.74) is 0.590. The second kappa shape index (κ2) is 7.69. The van der Waals surface area contributed by atoms with Crippen LogP contribution in [0.25, 0.3) is 11.4 Å². The van der Waals surface area contributed by atoms with Crippen molar-refractivity contribution in [3.8, 4) is 11.4 Å². The van der Waals surface area contributed by atoms with Crippen LogP contribution in [0.2, 0.25) is 0 Å². The highest BCUT2D eigenvalue weighted by Gasteiger charge is 2.35. The third-order valence-corrected chi connectivity index (χ3v) is 4.02. The Bertz CT molecular complexity index is 728. The second-order valence-corrected chi connectivity index (χ2v) is 6.42. The summed E-state index contributed by atoms with van der Waals surface area (Å²) in [6.07, 6.45) is -5.21. The summed E-state index contributed by atoms with van der Waals surface area (Å²) in [4.78, 5) is 15.3. The van der Waals surface area contributed by atoms with E-state index in [9.17, 15) is 26.7 Å². The molecule has 0 saturated heterocycles. The number of nitrogens with zero attached hydrogens (tertiary/aromatic N) is 2. The van der Waals surface area contributed by atoms with E-state index in [1.165, 1.54) is 24.3 Å². The van der Waals surface area contributed by atoms with Crippen molar-refractivity contribution < 1.29 is 31.3 Å². The van der Waals surface area contributed by atoms with Crippen LogP contribution in [0, 0.1) is 0 Å². The first-order valence-electron chi connectivity index (χ1n) is 6.75. The number of thioether (sulfide) groups is 1. The Kier molecular flexibility index (Phi) is 6.04. The van der Waals surface area contributed by atoms with Crippen molar-refractivity contribution in [3.63, 3.8) is 0 Å². The van der Waals surface area contributed by atoms with E-state index in [-0.39, 0.29) is 28.7 Å². The van der Waals surface area contributed by atoms with E-state index in [2.05, 4.69) is 14.7 Å². The van der Waals surface area contributed by atoms with Crippen LogP contribution in [0.1, 0.15) is 22.7 Å². The zero-order chi connectivity index (χ0) is 18.7. The molecule has 0 unspecified atom stereocenters. The van der Waals surface area contributed by atoms with E-state index in [1.54, 1.807) is 0 Å². The Balaban J connectivity index is 1.95. The van der Waals surface area contributed by atoms with Gasteiger partial charge in [0.05, 0.1) is 12.2 Å². The van der Waals surface area contributed by atoms with Gasteiger partial charge < -0.3 is 4.52 Å². The second-order valence-electron chi connectivity index (χ2n) is 4.84. The molecule has 1 aromatic carbocycles. The fraction of sp³-hybridized carbons (Fsp3) is 0.357. The lowest BCUT2D eigenvalue weighted by atomic mass is 10.1. The van der Waals surface area contributed by atoms with Crippen LogP contribution < -0.4 is 0 Å². The fourth-order valence-corrected chi connectivity index (χ4v) is 2.65. The van der Waals surface area contributed by atoms with Crippen LogP contribution in [0.15, 0.2) is 28.8 Å². The predicted octanol–water partition coefficient (Wildman–Crippen LogP) is 4.89. The number of carbonyl (C=O) groups is 1. The topological polar surface area (TPSA) is 56.0 Å². The molecule has 0 spiro atoms. The maximum atomic E-state index is 12.8. The van der Waals surface area contributed by atoms with E-state index < -0.39 is 23.9 Å². The van der Waals surface area contributed by atoms with Gasteiger partial charge in [-0.05, 0) is 11.6 Å². The minimum Gasteiger partial charge on any atom is -0.331 e. The van der Waals surface area contributed by atoms with Crippen molar-refractivity contribution in [3.05, 3.63) is 35.7 Å². The first-order chi connectivity index (χ1) is 11.6. The first-order valence-corrected chi connectivity index (χ1v) is 8.28. The van der Waals surface area contributed by atoms with Gasteiger partial charge in [-0.1, -0.05) is 29.4 Å². The molecule has 1 aromatic heterocycles. The molecule has 2 rings (SSSR count). The molecule has 2 aromatic rings. The Hall–Kier alpha value is -1.68. The maximum absolute atomic E-state index is 12.8. The van der Waals surface area contributed by atoms with Gasteiger partial charge in [-0.3, -0.25) is 4.79 Å². The van der Waals surface area contributed by atoms with Gasteiger partial charge in [0.15, 0.2) is 5.78 Å². The summed E-state index contributed by atoms with van der Waals surface area (Å²) in [5.74, 6) is -1.83. The lowest BCUT2D eigenvalue weighted by Gasteiger charge is -2.05. The van der Waals surface area contributed by atoms with Crippen molar-refractivity contribution in [1.82, 2.24) is 10.1 Å². The third kappa shape index (κ3) is 5.96. The smallest absolute Gasteiger partial charge is 0.331 e. The molecule has 0 amide bonds. The monoisotopic (exact) mass is 400 g/mol. The lowest BCUT2D eigenvalue weighted by molar-refractivity contribution is -0.129. The number of Topliss-reactive ketones (excluding diaryl/α,β-unsaturated/α-hetero) is 1. The zero-order valence-corrected chi connectivity index (χ0v) is 13.9. The average molecular weight is 401 g/mol. The molecule has 4 nitrogen and oxygen atoms in total. The van der Waals surface area contributed by atoms with E-state index in [4.69, 9.17) is 11.6 Å². The van der Waals surface area contributed by atoms with Crippen molar-refractivity contribution in [1.29, 1.82) is 0 Å². The molecular weight excluding hydrogens is 391 g/mol. The van der Waals surface area contributed by atoms with Gasteiger partial charge in [-0.2, -0.15) is 38.7 Å². The number of aromatic nitrogens is 2. The minimum atomic E-state index is -4.25. The summed E-state index contributed by atoms with van der Waals surface area (Å²) >= 11 is 5.65. The first kappa shape index (κ1) is 19.6.